The number of carbonyl (C=O) groups is 2. The van der Waals surface area contributed by atoms with Gasteiger partial charge in [-0.05, 0) is 36.4 Å². The molecule has 0 saturated carbocycles. The molecule has 0 radical (unpaired) electrons. The summed E-state index contributed by atoms with van der Waals surface area (Å²) in [7, 11) is 0. The molecule has 130 valence electrons. The highest BCUT2D eigenvalue weighted by atomic mass is 19.2. The largest absolute Gasteiger partial charge is 0.333 e. The van der Waals surface area contributed by atoms with Gasteiger partial charge in [-0.3, -0.25) is 4.79 Å². The lowest BCUT2D eigenvalue weighted by atomic mass is 10.2. The number of nitrogens with zero attached hydrogens (tertiary/aromatic N) is 1. The van der Waals surface area contributed by atoms with Crippen molar-refractivity contribution in [2.24, 2.45) is 0 Å². The molecule has 1 aliphatic heterocycles. The summed E-state index contributed by atoms with van der Waals surface area (Å²) in [6.07, 6.45) is 0.0859. The fraction of sp³-hybridized carbons (Fsp3) is 0.176. The van der Waals surface area contributed by atoms with Crippen LogP contribution in [0, 0.1) is 17.5 Å². The van der Waals surface area contributed by atoms with Crippen LogP contribution < -0.4 is 15.5 Å². The maximum atomic E-state index is 13.1. The molecule has 3 rings (SSSR count). The van der Waals surface area contributed by atoms with E-state index in [1.807, 2.05) is 0 Å². The molecule has 0 aromatic heterocycles. The van der Waals surface area contributed by atoms with E-state index in [0.29, 0.717) is 5.69 Å². The Labute approximate surface area is 141 Å². The van der Waals surface area contributed by atoms with Gasteiger partial charge in [-0.25, -0.2) is 18.0 Å². The minimum Gasteiger partial charge on any atom is -0.333 e. The first-order valence-corrected chi connectivity index (χ1v) is 7.51. The fourth-order valence-corrected chi connectivity index (χ4v) is 2.60. The second-order valence-corrected chi connectivity index (χ2v) is 5.61. The lowest BCUT2D eigenvalue weighted by Gasteiger charge is -2.17. The SMILES string of the molecule is O=C(Nc1ccc(F)c(F)c1)NC1CC(=O)N(c2ccc(F)cc2)C1. The first-order valence-electron chi connectivity index (χ1n) is 7.51. The summed E-state index contributed by atoms with van der Waals surface area (Å²) < 4.78 is 39.0. The Kier molecular flexibility index (Phi) is 4.60. The van der Waals surface area contributed by atoms with E-state index in [1.54, 1.807) is 0 Å². The Morgan fingerprint density at radius 2 is 1.76 bits per heavy atom. The molecule has 0 spiro atoms. The first-order chi connectivity index (χ1) is 11.9. The van der Waals surface area contributed by atoms with Gasteiger partial charge in [0, 0.05) is 30.4 Å². The van der Waals surface area contributed by atoms with Gasteiger partial charge in [-0.15, -0.1) is 0 Å². The molecule has 5 nitrogen and oxygen atoms in total. The minimum atomic E-state index is -1.07. The van der Waals surface area contributed by atoms with Gasteiger partial charge in [-0.1, -0.05) is 0 Å². The molecule has 25 heavy (non-hydrogen) atoms. The number of hydrogen-bond donors (Lipinski definition) is 2. The van der Waals surface area contributed by atoms with Crippen LogP contribution in [-0.2, 0) is 4.79 Å². The quantitative estimate of drug-likeness (QED) is 0.895. The summed E-state index contributed by atoms with van der Waals surface area (Å²) in [6.45, 7) is 0.232. The molecule has 3 amide bonds. The highest BCUT2D eigenvalue weighted by molar-refractivity contribution is 5.97. The molecular weight excluding hydrogens is 335 g/mol. The standard InChI is InChI=1S/C17H14F3N3O2/c18-10-1-4-13(5-2-10)23-9-12(8-16(23)24)22-17(25)21-11-3-6-14(19)15(20)7-11/h1-7,12H,8-9H2,(H2,21,22,25). The van der Waals surface area contributed by atoms with Crippen LogP contribution in [-0.4, -0.2) is 24.5 Å². The molecular formula is C17H14F3N3O2. The highest BCUT2D eigenvalue weighted by Gasteiger charge is 2.31. The second kappa shape index (κ2) is 6.84. The van der Waals surface area contributed by atoms with Gasteiger partial charge in [0.1, 0.15) is 5.82 Å². The smallest absolute Gasteiger partial charge is 0.319 e. The average Bonchev–Trinajstić information content (AvgIpc) is 2.92. The summed E-state index contributed by atoms with van der Waals surface area (Å²) in [5.41, 5.74) is 0.632. The van der Waals surface area contributed by atoms with Crippen molar-refractivity contribution in [1.29, 1.82) is 0 Å². The fourth-order valence-electron chi connectivity index (χ4n) is 2.60. The van der Waals surface area contributed by atoms with Crippen molar-refractivity contribution in [2.45, 2.75) is 12.5 Å². The number of halogens is 3. The van der Waals surface area contributed by atoms with E-state index in [2.05, 4.69) is 10.6 Å². The molecule has 1 heterocycles. The second-order valence-electron chi connectivity index (χ2n) is 5.61. The van der Waals surface area contributed by atoms with Crippen molar-refractivity contribution >= 4 is 23.3 Å². The van der Waals surface area contributed by atoms with E-state index in [-0.39, 0.29) is 24.6 Å². The summed E-state index contributed by atoms with van der Waals surface area (Å²) in [4.78, 5) is 25.4. The Morgan fingerprint density at radius 3 is 2.44 bits per heavy atom. The van der Waals surface area contributed by atoms with E-state index < -0.39 is 29.5 Å². The number of urea groups is 1. The van der Waals surface area contributed by atoms with E-state index in [9.17, 15) is 22.8 Å². The van der Waals surface area contributed by atoms with Gasteiger partial charge in [0.25, 0.3) is 0 Å². The molecule has 8 heteroatoms. The number of anilines is 2. The Morgan fingerprint density at radius 1 is 1.04 bits per heavy atom. The van der Waals surface area contributed by atoms with Gasteiger partial charge in [0.2, 0.25) is 5.91 Å². The summed E-state index contributed by atoms with van der Waals surface area (Å²) in [5.74, 6) is -2.70. The topological polar surface area (TPSA) is 61.4 Å². The van der Waals surface area contributed by atoms with E-state index >= 15 is 0 Å². The Balaban J connectivity index is 1.60. The molecule has 2 aromatic rings. The van der Waals surface area contributed by atoms with Crippen LogP contribution in [0.15, 0.2) is 42.5 Å². The van der Waals surface area contributed by atoms with Crippen LogP contribution in [0.4, 0.5) is 29.3 Å². The third-order valence-corrected chi connectivity index (χ3v) is 3.78. The number of amides is 3. The van der Waals surface area contributed by atoms with Crippen LogP contribution in [0.1, 0.15) is 6.42 Å². The van der Waals surface area contributed by atoms with Gasteiger partial charge < -0.3 is 15.5 Å². The molecule has 1 fully saturated rings. The van der Waals surface area contributed by atoms with Crippen molar-refractivity contribution in [1.82, 2.24) is 5.32 Å². The monoisotopic (exact) mass is 349 g/mol. The third-order valence-electron chi connectivity index (χ3n) is 3.78. The van der Waals surface area contributed by atoms with Crippen molar-refractivity contribution < 1.29 is 22.8 Å². The predicted molar refractivity (Wildman–Crippen MR) is 85.7 cm³/mol. The zero-order valence-electron chi connectivity index (χ0n) is 12.9. The molecule has 1 saturated heterocycles. The lowest BCUT2D eigenvalue weighted by molar-refractivity contribution is -0.117. The van der Waals surface area contributed by atoms with Crippen LogP contribution in [0.25, 0.3) is 0 Å². The maximum Gasteiger partial charge on any atom is 0.319 e. The average molecular weight is 349 g/mol. The van der Waals surface area contributed by atoms with Crippen molar-refractivity contribution in [3.63, 3.8) is 0 Å². The van der Waals surface area contributed by atoms with Crippen LogP contribution >= 0.6 is 0 Å². The number of nitrogens with one attached hydrogen (secondary N) is 2. The number of rotatable bonds is 3. The Hall–Kier alpha value is -3.03. The third kappa shape index (κ3) is 3.90. The summed E-state index contributed by atoms with van der Waals surface area (Å²) in [6, 6.07) is 7.36. The molecule has 2 aromatic carbocycles. The summed E-state index contributed by atoms with van der Waals surface area (Å²) in [5, 5.41) is 4.98. The molecule has 2 N–H and O–H groups in total. The first kappa shape index (κ1) is 16.8. The predicted octanol–water partition coefficient (Wildman–Crippen LogP) is 3.03. The van der Waals surface area contributed by atoms with Gasteiger partial charge in [0.15, 0.2) is 11.6 Å². The molecule has 1 atom stereocenters. The van der Waals surface area contributed by atoms with Crippen molar-refractivity contribution in [2.75, 3.05) is 16.8 Å². The van der Waals surface area contributed by atoms with Gasteiger partial charge in [-0.2, -0.15) is 0 Å². The zero-order chi connectivity index (χ0) is 18.0. The number of hydrogen-bond acceptors (Lipinski definition) is 2. The minimum absolute atomic E-state index is 0.0859. The molecule has 0 bridgehead atoms. The zero-order valence-corrected chi connectivity index (χ0v) is 12.9. The van der Waals surface area contributed by atoms with Gasteiger partial charge in [0.05, 0.1) is 6.04 Å². The Bertz CT molecular complexity index is 811. The normalized spacial score (nSPS) is 16.8. The molecule has 1 aliphatic rings. The lowest BCUT2D eigenvalue weighted by Crippen LogP contribution is -2.39. The van der Waals surface area contributed by atoms with Crippen LogP contribution in [0.3, 0.4) is 0 Å². The van der Waals surface area contributed by atoms with Gasteiger partial charge >= 0.3 is 6.03 Å². The van der Waals surface area contributed by atoms with E-state index in [0.717, 1.165) is 12.1 Å². The number of benzene rings is 2. The summed E-state index contributed by atoms with van der Waals surface area (Å²) >= 11 is 0. The highest BCUT2D eigenvalue weighted by Crippen LogP contribution is 2.22. The van der Waals surface area contributed by atoms with E-state index in [1.165, 1.54) is 35.2 Å². The van der Waals surface area contributed by atoms with Crippen LogP contribution in [0.2, 0.25) is 0 Å². The van der Waals surface area contributed by atoms with Crippen molar-refractivity contribution in [3.05, 3.63) is 59.9 Å². The van der Waals surface area contributed by atoms with E-state index in [4.69, 9.17) is 0 Å². The molecule has 0 aliphatic carbocycles. The number of carbonyl (C=O) groups excluding carboxylic acids is 2. The van der Waals surface area contributed by atoms with Crippen LogP contribution in [0.5, 0.6) is 0 Å². The van der Waals surface area contributed by atoms with Crippen molar-refractivity contribution in [3.8, 4) is 0 Å². The maximum absolute atomic E-state index is 13.1. The molecule has 1 unspecified atom stereocenters.